The Balaban J connectivity index is 1.62. The highest BCUT2D eigenvalue weighted by Gasteiger charge is 2.31. The van der Waals surface area contributed by atoms with Crippen molar-refractivity contribution >= 4 is 23.3 Å². The van der Waals surface area contributed by atoms with Gasteiger partial charge in [-0.05, 0) is 50.3 Å². The van der Waals surface area contributed by atoms with Crippen molar-refractivity contribution in [2.24, 2.45) is 5.92 Å². The first-order valence-corrected chi connectivity index (χ1v) is 10.9. The summed E-state index contributed by atoms with van der Waals surface area (Å²) in [6.45, 7) is 7.76. The topological polar surface area (TPSA) is 57.0 Å². The van der Waals surface area contributed by atoms with Crippen molar-refractivity contribution in [3.05, 3.63) is 46.5 Å². The molecule has 1 saturated heterocycles. The first-order valence-electron chi connectivity index (χ1n) is 9.99. The second-order valence-electron chi connectivity index (χ2n) is 7.07. The monoisotopic (exact) mass is 403 g/mol. The number of urea groups is 1. The molecule has 3 amide bonds. The van der Waals surface area contributed by atoms with E-state index in [2.05, 4.69) is 6.07 Å². The Labute approximate surface area is 170 Å². The third kappa shape index (κ3) is 4.95. The molecular weight excluding hydrogens is 374 g/mol. The molecule has 0 aromatic carbocycles. The Bertz CT molecular complexity index is 697. The van der Waals surface area contributed by atoms with Crippen LogP contribution in [-0.4, -0.2) is 52.8 Å². The van der Waals surface area contributed by atoms with E-state index in [0.717, 1.165) is 10.6 Å². The summed E-state index contributed by atoms with van der Waals surface area (Å²) in [7, 11) is 0. The van der Waals surface area contributed by atoms with Gasteiger partial charge >= 0.3 is 6.03 Å². The Kier molecular flexibility index (Phi) is 7.14. The van der Waals surface area contributed by atoms with Crippen molar-refractivity contribution < 1.29 is 14.0 Å². The van der Waals surface area contributed by atoms with Crippen molar-refractivity contribution in [2.75, 3.05) is 26.2 Å². The summed E-state index contributed by atoms with van der Waals surface area (Å²) in [4.78, 5) is 32.6. The molecule has 1 aliphatic heterocycles. The minimum atomic E-state index is -0.0457. The number of carbonyl (C=O) groups is 2. The fourth-order valence-corrected chi connectivity index (χ4v) is 4.38. The van der Waals surface area contributed by atoms with Gasteiger partial charge in [0.25, 0.3) is 0 Å². The maximum Gasteiger partial charge on any atom is 0.319 e. The van der Waals surface area contributed by atoms with Crippen LogP contribution in [-0.2, 0) is 17.9 Å². The lowest BCUT2D eigenvalue weighted by Crippen LogP contribution is -2.48. The summed E-state index contributed by atoms with van der Waals surface area (Å²) in [6.07, 6.45) is 3.07. The lowest BCUT2D eigenvalue weighted by atomic mass is 9.95. The van der Waals surface area contributed by atoms with E-state index in [0.29, 0.717) is 52.1 Å². The van der Waals surface area contributed by atoms with E-state index in [1.165, 1.54) is 0 Å². The van der Waals surface area contributed by atoms with Crippen LogP contribution in [0.5, 0.6) is 0 Å². The number of rotatable bonds is 7. The van der Waals surface area contributed by atoms with Crippen molar-refractivity contribution in [1.29, 1.82) is 0 Å². The number of nitrogens with zero attached hydrogens (tertiary/aromatic N) is 3. The number of likely N-dealkylation sites (tertiary alicyclic amines) is 1. The molecular formula is C21H29N3O3S. The fraction of sp³-hybridized carbons (Fsp3) is 0.524. The van der Waals surface area contributed by atoms with Gasteiger partial charge < -0.3 is 19.1 Å². The number of hydrogen-bond donors (Lipinski definition) is 0. The summed E-state index contributed by atoms with van der Waals surface area (Å²) in [5, 5.41) is 2.03. The highest BCUT2D eigenvalue weighted by molar-refractivity contribution is 7.09. The quantitative estimate of drug-likeness (QED) is 0.701. The Morgan fingerprint density at radius 3 is 2.43 bits per heavy atom. The first-order chi connectivity index (χ1) is 13.6. The zero-order valence-corrected chi connectivity index (χ0v) is 17.5. The van der Waals surface area contributed by atoms with Crippen molar-refractivity contribution in [3.63, 3.8) is 0 Å². The standard InChI is InChI=1S/C21H29N3O3S/c1-3-22(4-2)21(26)23-11-9-17(10-12-23)20(25)24(15-18-7-5-13-27-18)16-19-8-6-14-28-19/h5-8,13-14,17H,3-4,9-12,15-16H2,1-2H3. The predicted molar refractivity (Wildman–Crippen MR) is 110 cm³/mol. The maximum absolute atomic E-state index is 13.2. The van der Waals surface area contributed by atoms with Gasteiger partial charge in [0.1, 0.15) is 5.76 Å². The van der Waals surface area contributed by atoms with E-state index in [4.69, 9.17) is 4.42 Å². The number of carbonyl (C=O) groups excluding carboxylic acids is 2. The molecule has 0 atom stereocenters. The normalized spacial score (nSPS) is 14.9. The van der Waals surface area contributed by atoms with E-state index >= 15 is 0 Å². The van der Waals surface area contributed by atoms with Crippen LogP contribution in [0.1, 0.15) is 37.3 Å². The van der Waals surface area contributed by atoms with E-state index in [1.54, 1.807) is 17.6 Å². The van der Waals surface area contributed by atoms with Gasteiger partial charge in [-0.1, -0.05) is 6.07 Å². The molecule has 0 saturated carbocycles. The Morgan fingerprint density at radius 1 is 1.11 bits per heavy atom. The van der Waals surface area contributed by atoms with Crippen LogP contribution >= 0.6 is 11.3 Å². The Morgan fingerprint density at radius 2 is 1.86 bits per heavy atom. The molecule has 0 bridgehead atoms. The van der Waals surface area contributed by atoms with Gasteiger partial charge in [0, 0.05) is 37.0 Å². The Hall–Kier alpha value is -2.28. The molecule has 0 aliphatic carbocycles. The number of amides is 3. The lowest BCUT2D eigenvalue weighted by Gasteiger charge is -2.36. The van der Waals surface area contributed by atoms with Gasteiger partial charge in [-0.3, -0.25) is 4.79 Å². The van der Waals surface area contributed by atoms with Gasteiger partial charge in [0.05, 0.1) is 19.4 Å². The predicted octanol–water partition coefficient (Wildman–Crippen LogP) is 4.04. The van der Waals surface area contributed by atoms with E-state index in [9.17, 15) is 9.59 Å². The highest BCUT2D eigenvalue weighted by Crippen LogP contribution is 2.24. The van der Waals surface area contributed by atoms with Gasteiger partial charge in [0.15, 0.2) is 0 Å². The number of piperidine rings is 1. The lowest BCUT2D eigenvalue weighted by molar-refractivity contribution is -0.138. The molecule has 0 radical (unpaired) electrons. The molecule has 3 rings (SSSR count). The minimum Gasteiger partial charge on any atom is -0.467 e. The van der Waals surface area contributed by atoms with Crippen molar-refractivity contribution in [1.82, 2.24) is 14.7 Å². The minimum absolute atomic E-state index is 0.0457. The van der Waals surface area contributed by atoms with E-state index in [1.807, 2.05) is 52.1 Å². The van der Waals surface area contributed by atoms with E-state index < -0.39 is 0 Å². The largest absolute Gasteiger partial charge is 0.467 e. The van der Waals surface area contributed by atoms with Crippen LogP contribution < -0.4 is 0 Å². The molecule has 1 fully saturated rings. The first kappa shape index (κ1) is 20.5. The van der Waals surface area contributed by atoms with Gasteiger partial charge in [0.2, 0.25) is 5.91 Å². The van der Waals surface area contributed by atoms with Crippen LogP contribution in [0, 0.1) is 5.92 Å². The molecule has 2 aromatic rings. The van der Waals surface area contributed by atoms with Gasteiger partial charge in [-0.15, -0.1) is 11.3 Å². The number of thiophene rings is 1. The average molecular weight is 404 g/mol. The molecule has 152 valence electrons. The van der Waals surface area contributed by atoms with Crippen molar-refractivity contribution in [2.45, 2.75) is 39.8 Å². The SMILES string of the molecule is CCN(CC)C(=O)N1CCC(C(=O)N(Cc2ccco2)Cc2cccs2)CC1. The van der Waals surface area contributed by atoms with E-state index in [-0.39, 0.29) is 17.9 Å². The fourth-order valence-electron chi connectivity index (χ4n) is 3.66. The highest BCUT2D eigenvalue weighted by atomic mass is 32.1. The summed E-state index contributed by atoms with van der Waals surface area (Å²) in [5.41, 5.74) is 0. The third-order valence-corrected chi connectivity index (χ3v) is 6.18. The number of hydrogen-bond acceptors (Lipinski definition) is 4. The summed E-state index contributed by atoms with van der Waals surface area (Å²) >= 11 is 1.66. The summed E-state index contributed by atoms with van der Waals surface area (Å²) in [5.74, 6) is 0.898. The van der Waals surface area contributed by atoms with Crippen LogP contribution in [0.4, 0.5) is 4.79 Å². The molecule has 7 heteroatoms. The molecule has 6 nitrogen and oxygen atoms in total. The van der Waals surface area contributed by atoms with Crippen LogP contribution in [0.25, 0.3) is 0 Å². The third-order valence-electron chi connectivity index (χ3n) is 5.31. The second kappa shape index (κ2) is 9.78. The maximum atomic E-state index is 13.2. The molecule has 3 heterocycles. The molecule has 1 aliphatic rings. The molecule has 0 spiro atoms. The van der Waals surface area contributed by atoms with Gasteiger partial charge in [-0.2, -0.15) is 0 Å². The summed E-state index contributed by atoms with van der Waals surface area (Å²) < 4.78 is 5.47. The van der Waals surface area contributed by atoms with Crippen LogP contribution in [0.3, 0.4) is 0 Å². The molecule has 0 N–H and O–H groups in total. The summed E-state index contributed by atoms with van der Waals surface area (Å²) in [6, 6.07) is 7.90. The molecule has 2 aromatic heterocycles. The number of furan rings is 1. The average Bonchev–Trinajstić information content (AvgIpc) is 3.42. The van der Waals surface area contributed by atoms with Crippen LogP contribution in [0.2, 0.25) is 0 Å². The van der Waals surface area contributed by atoms with Crippen molar-refractivity contribution in [3.8, 4) is 0 Å². The van der Waals surface area contributed by atoms with Crippen LogP contribution in [0.15, 0.2) is 40.3 Å². The zero-order valence-electron chi connectivity index (χ0n) is 16.7. The molecule has 28 heavy (non-hydrogen) atoms. The molecule has 0 unspecified atom stereocenters. The zero-order chi connectivity index (χ0) is 19.9. The smallest absolute Gasteiger partial charge is 0.319 e. The second-order valence-corrected chi connectivity index (χ2v) is 8.10. The van der Waals surface area contributed by atoms with Gasteiger partial charge in [-0.25, -0.2) is 4.79 Å².